The molecule has 3 fully saturated rings. The lowest BCUT2D eigenvalue weighted by molar-refractivity contribution is -0.123. The fourth-order valence-corrected chi connectivity index (χ4v) is 5.34. The highest BCUT2D eigenvalue weighted by Gasteiger charge is 2.36. The van der Waals surface area contributed by atoms with Gasteiger partial charge in [0.1, 0.15) is 0 Å². The quantitative estimate of drug-likeness (QED) is 0.606. The SMILES string of the molecule is Cc1cc(N2CCOCC2)ccc1/C=C1/SC(=Nc2ccccc2)N(C[C@H]2CCCO2)C1=O. The number of amidine groups is 1. The van der Waals surface area contributed by atoms with Crippen molar-refractivity contribution in [3.05, 3.63) is 64.6 Å². The summed E-state index contributed by atoms with van der Waals surface area (Å²) in [6.07, 6.45) is 4.10. The summed E-state index contributed by atoms with van der Waals surface area (Å²) in [6, 6.07) is 16.2. The number of morpholine rings is 1. The minimum absolute atomic E-state index is 0.00170. The summed E-state index contributed by atoms with van der Waals surface area (Å²) < 4.78 is 11.3. The van der Waals surface area contributed by atoms with Gasteiger partial charge in [-0.15, -0.1) is 0 Å². The van der Waals surface area contributed by atoms with Crippen LogP contribution in [0.3, 0.4) is 0 Å². The Balaban J connectivity index is 1.41. The molecule has 0 saturated carbocycles. The number of anilines is 1. The number of aliphatic imine (C=N–C) groups is 1. The number of benzene rings is 2. The fourth-order valence-electron chi connectivity index (χ4n) is 4.34. The summed E-state index contributed by atoms with van der Waals surface area (Å²) in [5, 5.41) is 0.718. The van der Waals surface area contributed by atoms with Crippen LogP contribution in [-0.2, 0) is 14.3 Å². The number of para-hydroxylation sites is 1. The first kappa shape index (κ1) is 22.2. The molecule has 6 nitrogen and oxygen atoms in total. The average Bonchev–Trinajstić information content (AvgIpc) is 3.46. The largest absolute Gasteiger partial charge is 0.378 e. The van der Waals surface area contributed by atoms with Crippen LogP contribution in [0.1, 0.15) is 24.0 Å². The van der Waals surface area contributed by atoms with E-state index < -0.39 is 0 Å². The monoisotopic (exact) mass is 463 g/mol. The lowest BCUT2D eigenvalue weighted by atomic mass is 10.1. The summed E-state index contributed by atoms with van der Waals surface area (Å²) in [5.74, 6) is 0.00170. The van der Waals surface area contributed by atoms with Crippen molar-refractivity contribution in [1.82, 2.24) is 4.90 Å². The fraction of sp³-hybridized carbons (Fsp3) is 0.385. The van der Waals surface area contributed by atoms with E-state index in [9.17, 15) is 4.79 Å². The van der Waals surface area contributed by atoms with Crippen LogP contribution in [-0.4, -0.2) is 61.5 Å². The zero-order valence-electron chi connectivity index (χ0n) is 18.9. The molecule has 1 atom stereocenters. The molecule has 0 aliphatic carbocycles. The molecule has 2 aromatic carbocycles. The molecule has 33 heavy (non-hydrogen) atoms. The number of thioether (sulfide) groups is 1. The Bertz CT molecular complexity index is 1060. The summed E-state index contributed by atoms with van der Waals surface area (Å²) in [5.41, 5.74) is 4.26. The zero-order valence-corrected chi connectivity index (χ0v) is 19.7. The molecule has 0 unspecified atom stereocenters. The van der Waals surface area contributed by atoms with E-state index in [1.165, 1.54) is 17.4 Å². The number of rotatable bonds is 5. The second-order valence-electron chi connectivity index (χ2n) is 8.53. The highest BCUT2D eigenvalue weighted by molar-refractivity contribution is 8.18. The number of nitrogens with zero attached hydrogens (tertiary/aromatic N) is 3. The van der Waals surface area contributed by atoms with E-state index >= 15 is 0 Å². The molecule has 3 saturated heterocycles. The molecule has 3 aliphatic rings. The predicted molar refractivity (Wildman–Crippen MR) is 134 cm³/mol. The average molecular weight is 464 g/mol. The summed E-state index contributed by atoms with van der Waals surface area (Å²) in [6.45, 7) is 6.76. The standard InChI is InChI=1S/C26H29N3O3S/c1-19-16-22(28-11-14-31-15-12-28)10-9-20(19)17-24-25(30)29(18-23-8-5-13-32-23)26(33-24)27-21-6-3-2-4-7-21/h2-4,6-7,9-10,16-17,23H,5,8,11-15,18H2,1H3/b24-17+,27-26?/t23-/m1/s1. The lowest BCUT2D eigenvalue weighted by Gasteiger charge is -2.29. The van der Waals surface area contributed by atoms with E-state index in [4.69, 9.17) is 14.5 Å². The van der Waals surface area contributed by atoms with Crippen molar-refractivity contribution in [2.45, 2.75) is 25.9 Å². The summed E-state index contributed by atoms with van der Waals surface area (Å²) in [7, 11) is 0. The van der Waals surface area contributed by atoms with Crippen molar-refractivity contribution in [2.75, 3.05) is 44.4 Å². The second-order valence-corrected chi connectivity index (χ2v) is 9.54. The van der Waals surface area contributed by atoms with E-state index in [2.05, 4.69) is 30.0 Å². The number of ether oxygens (including phenoxy) is 2. The highest BCUT2D eigenvalue weighted by atomic mass is 32.2. The Labute approximate surface area is 199 Å². The van der Waals surface area contributed by atoms with Gasteiger partial charge in [0.15, 0.2) is 5.17 Å². The van der Waals surface area contributed by atoms with Gasteiger partial charge in [0.25, 0.3) is 5.91 Å². The number of aryl methyl sites for hydroxylation is 1. The van der Waals surface area contributed by atoms with Crippen molar-refractivity contribution in [3.8, 4) is 0 Å². The van der Waals surface area contributed by atoms with Crippen molar-refractivity contribution >= 4 is 40.3 Å². The number of hydrogen-bond donors (Lipinski definition) is 0. The molecule has 5 rings (SSSR count). The van der Waals surface area contributed by atoms with Gasteiger partial charge in [0.2, 0.25) is 0 Å². The van der Waals surface area contributed by atoms with E-state index in [1.807, 2.05) is 36.4 Å². The number of hydrogen-bond acceptors (Lipinski definition) is 6. The molecule has 0 bridgehead atoms. The molecule has 0 spiro atoms. The molecule has 3 heterocycles. The van der Waals surface area contributed by atoms with Gasteiger partial charge in [-0.2, -0.15) is 0 Å². The third-order valence-corrected chi connectivity index (χ3v) is 7.20. The molecular weight excluding hydrogens is 434 g/mol. The minimum Gasteiger partial charge on any atom is -0.378 e. The van der Waals surface area contributed by atoms with Crippen LogP contribution in [0.15, 0.2) is 58.4 Å². The topological polar surface area (TPSA) is 54.4 Å². The lowest BCUT2D eigenvalue weighted by Crippen LogP contribution is -2.36. The molecule has 0 N–H and O–H groups in total. The van der Waals surface area contributed by atoms with Crippen LogP contribution < -0.4 is 4.90 Å². The van der Waals surface area contributed by atoms with Crippen LogP contribution in [0.25, 0.3) is 6.08 Å². The Hall–Kier alpha value is -2.61. The first-order chi connectivity index (χ1) is 16.2. The van der Waals surface area contributed by atoms with Gasteiger partial charge in [-0.25, -0.2) is 4.99 Å². The minimum atomic E-state index is 0.00170. The van der Waals surface area contributed by atoms with Gasteiger partial charge in [0, 0.05) is 25.4 Å². The number of amides is 1. The zero-order chi connectivity index (χ0) is 22.6. The van der Waals surface area contributed by atoms with Gasteiger partial charge >= 0.3 is 0 Å². The number of carbonyl (C=O) groups excluding carboxylic acids is 1. The van der Waals surface area contributed by atoms with Crippen LogP contribution in [0.5, 0.6) is 0 Å². The summed E-state index contributed by atoms with van der Waals surface area (Å²) >= 11 is 1.45. The van der Waals surface area contributed by atoms with E-state index in [0.717, 1.165) is 67.7 Å². The smallest absolute Gasteiger partial charge is 0.266 e. The van der Waals surface area contributed by atoms with E-state index in [-0.39, 0.29) is 12.0 Å². The van der Waals surface area contributed by atoms with Gasteiger partial charge in [-0.3, -0.25) is 9.69 Å². The predicted octanol–water partition coefficient (Wildman–Crippen LogP) is 4.61. The Morgan fingerprint density at radius 3 is 2.67 bits per heavy atom. The molecule has 1 amide bonds. The van der Waals surface area contributed by atoms with Gasteiger partial charge in [-0.05, 0) is 73.0 Å². The third kappa shape index (κ3) is 5.16. The maximum absolute atomic E-state index is 13.4. The normalized spacial score (nSPS) is 23.8. The maximum atomic E-state index is 13.4. The first-order valence-corrected chi connectivity index (χ1v) is 12.4. The van der Waals surface area contributed by atoms with Crippen molar-refractivity contribution in [2.24, 2.45) is 4.99 Å². The first-order valence-electron chi connectivity index (χ1n) is 11.6. The highest BCUT2D eigenvalue weighted by Crippen LogP contribution is 2.36. The molecule has 0 aromatic heterocycles. The third-order valence-electron chi connectivity index (χ3n) is 6.20. The van der Waals surface area contributed by atoms with Crippen molar-refractivity contribution in [3.63, 3.8) is 0 Å². The Morgan fingerprint density at radius 1 is 1.12 bits per heavy atom. The van der Waals surface area contributed by atoms with Crippen LogP contribution in [0, 0.1) is 6.92 Å². The van der Waals surface area contributed by atoms with Gasteiger partial charge < -0.3 is 14.4 Å². The van der Waals surface area contributed by atoms with Crippen LogP contribution >= 0.6 is 11.8 Å². The van der Waals surface area contributed by atoms with Gasteiger partial charge in [-0.1, -0.05) is 24.3 Å². The van der Waals surface area contributed by atoms with Gasteiger partial charge in [0.05, 0.1) is 36.5 Å². The molecule has 2 aromatic rings. The van der Waals surface area contributed by atoms with E-state index in [1.54, 1.807) is 4.90 Å². The summed E-state index contributed by atoms with van der Waals surface area (Å²) in [4.78, 5) is 23.0. The maximum Gasteiger partial charge on any atom is 0.266 e. The van der Waals surface area contributed by atoms with Crippen molar-refractivity contribution in [1.29, 1.82) is 0 Å². The molecule has 172 valence electrons. The molecule has 0 radical (unpaired) electrons. The second kappa shape index (κ2) is 10.1. The number of carbonyl (C=O) groups is 1. The van der Waals surface area contributed by atoms with Crippen LogP contribution in [0.2, 0.25) is 0 Å². The van der Waals surface area contributed by atoms with Crippen molar-refractivity contribution < 1.29 is 14.3 Å². The van der Waals surface area contributed by atoms with Crippen LogP contribution in [0.4, 0.5) is 11.4 Å². The molecule has 3 aliphatic heterocycles. The van der Waals surface area contributed by atoms with E-state index in [0.29, 0.717) is 11.4 Å². The Kier molecular flexibility index (Phi) is 6.80. The Morgan fingerprint density at radius 2 is 1.94 bits per heavy atom. The molecule has 7 heteroatoms. The molecular formula is C26H29N3O3S.